The zero-order valence-electron chi connectivity index (χ0n) is 20.9. The first-order chi connectivity index (χ1) is 15.6. The summed E-state index contributed by atoms with van der Waals surface area (Å²) < 4.78 is 6.43. The number of Topliss-reactive ketones (excluding diaryl/α,β-unsaturated/α-hetero) is 1. The number of ether oxygens (including phenoxy) is 1. The van der Waals surface area contributed by atoms with Gasteiger partial charge in [0.1, 0.15) is 11.5 Å². The third kappa shape index (κ3) is 3.60. The minimum atomic E-state index is -0.0907. The normalized spacial score (nSPS) is 19.5. The lowest BCUT2D eigenvalue weighted by Crippen LogP contribution is -2.33. The van der Waals surface area contributed by atoms with Gasteiger partial charge >= 0.3 is 0 Å². The van der Waals surface area contributed by atoms with Gasteiger partial charge < -0.3 is 4.74 Å². The molecule has 0 N–H and O–H groups in total. The molecule has 1 aliphatic heterocycles. The summed E-state index contributed by atoms with van der Waals surface area (Å²) in [5, 5.41) is 0. The topological polar surface area (TPSA) is 26.3 Å². The van der Waals surface area contributed by atoms with E-state index in [-0.39, 0.29) is 17.1 Å². The average Bonchev–Trinajstić information content (AvgIpc) is 2.92. The maximum Gasteiger partial charge on any atom is 0.163 e. The summed E-state index contributed by atoms with van der Waals surface area (Å²) in [5.74, 6) is 2.35. The van der Waals surface area contributed by atoms with Gasteiger partial charge in [-0.25, -0.2) is 0 Å². The Kier molecular flexibility index (Phi) is 5.04. The third-order valence-electron chi connectivity index (χ3n) is 7.44. The highest BCUT2D eigenvalue weighted by molar-refractivity contribution is 6.01. The Hall–Kier alpha value is -2.87. The second kappa shape index (κ2) is 7.58. The minimum Gasteiger partial charge on any atom is -0.461 e. The molecule has 1 aromatic carbocycles. The Bertz CT molecular complexity index is 1290. The van der Waals surface area contributed by atoms with Gasteiger partial charge in [-0.2, -0.15) is 0 Å². The maximum atomic E-state index is 13.6. The van der Waals surface area contributed by atoms with Crippen molar-refractivity contribution in [3.05, 3.63) is 87.2 Å². The van der Waals surface area contributed by atoms with E-state index < -0.39 is 0 Å². The molecular formula is C31H34O2. The van der Waals surface area contributed by atoms with Crippen LogP contribution >= 0.6 is 0 Å². The summed E-state index contributed by atoms with van der Waals surface area (Å²) in [5.41, 5.74) is 10.8. The number of allylic oxidation sites excluding steroid dienone is 2. The summed E-state index contributed by atoms with van der Waals surface area (Å²) >= 11 is 0. The van der Waals surface area contributed by atoms with Crippen molar-refractivity contribution in [2.24, 2.45) is 5.41 Å². The first kappa shape index (κ1) is 21.9. The van der Waals surface area contributed by atoms with Gasteiger partial charge in [0.05, 0.1) is 0 Å². The molecule has 0 bridgehead atoms. The molecule has 1 heterocycles. The van der Waals surface area contributed by atoms with Gasteiger partial charge in [-0.1, -0.05) is 69.7 Å². The van der Waals surface area contributed by atoms with Crippen LogP contribution in [0, 0.1) is 26.2 Å². The smallest absolute Gasteiger partial charge is 0.163 e. The fourth-order valence-corrected chi connectivity index (χ4v) is 5.76. The Morgan fingerprint density at radius 3 is 2.39 bits per heavy atom. The van der Waals surface area contributed by atoms with Crippen LogP contribution in [0.1, 0.15) is 85.8 Å². The van der Waals surface area contributed by atoms with Crippen LogP contribution in [-0.4, -0.2) is 5.78 Å². The molecule has 0 fully saturated rings. The fraction of sp³-hybridized carbons (Fsp3) is 0.387. The highest BCUT2D eigenvalue weighted by Gasteiger charge is 2.43. The van der Waals surface area contributed by atoms with Gasteiger partial charge in [0, 0.05) is 29.9 Å². The van der Waals surface area contributed by atoms with Gasteiger partial charge in [-0.05, 0) is 71.6 Å². The van der Waals surface area contributed by atoms with E-state index in [4.69, 9.17) is 4.74 Å². The Morgan fingerprint density at radius 2 is 1.67 bits per heavy atom. The van der Waals surface area contributed by atoms with Crippen LogP contribution in [0.25, 0.3) is 11.1 Å². The van der Waals surface area contributed by atoms with E-state index in [0.29, 0.717) is 12.3 Å². The molecule has 0 saturated heterocycles. The third-order valence-corrected chi connectivity index (χ3v) is 7.44. The minimum absolute atomic E-state index is 0.0821. The maximum absolute atomic E-state index is 13.6. The van der Waals surface area contributed by atoms with Gasteiger partial charge in [0.15, 0.2) is 5.78 Å². The number of ketones is 1. The predicted molar refractivity (Wildman–Crippen MR) is 135 cm³/mol. The predicted octanol–water partition coefficient (Wildman–Crippen LogP) is 8.01. The van der Waals surface area contributed by atoms with Crippen LogP contribution in [0.15, 0.2) is 53.8 Å². The Balaban J connectivity index is 1.80. The molecule has 4 aliphatic rings. The summed E-state index contributed by atoms with van der Waals surface area (Å²) in [7, 11) is 0. The molecule has 2 nitrogen and oxygen atoms in total. The first-order valence-electron chi connectivity index (χ1n) is 12.1. The molecule has 3 aliphatic carbocycles. The zero-order chi connectivity index (χ0) is 23.7. The molecule has 1 aromatic rings. The van der Waals surface area contributed by atoms with Crippen LogP contribution in [0.2, 0.25) is 0 Å². The number of hydrogen-bond donors (Lipinski definition) is 0. The number of fused-ring (bicyclic) bond motifs is 2. The number of benzene rings is 1. The number of hydrogen-bond acceptors (Lipinski definition) is 2. The lowest BCUT2D eigenvalue weighted by molar-refractivity contribution is -0.118. The summed E-state index contributed by atoms with van der Waals surface area (Å²) in [6, 6.07) is 15.6. The zero-order valence-corrected chi connectivity index (χ0v) is 20.9. The van der Waals surface area contributed by atoms with Crippen LogP contribution in [0.4, 0.5) is 0 Å². The van der Waals surface area contributed by atoms with Gasteiger partial charge in [-0.15, -0.1) is 0 Å². The molecule has 33 heavy (non-hydrogen) atoms. The second-order valence-corrected chi connectivity index (χ2v) is 11.2. The summed E-state index contributed by atoms with van der Waals surface area (Å²) in [6.45, 7) is 15.3. The molecule has 1 unspecified atom stereocenters. The number of aryl methyl sites for hydroxylation is 3. The first-order valence-corrected chi connectivity index (χ1v) is 12.1. The number of rotatable bonds is 2. The summed E-state index contributed by atoms with van der Waals surface area (Å²) in [6.07, 6.45) is 1.36. The number of carbonyl (C=O) groups is 1. The van der Waals surface area contributed by atoms with Crippen molar-refractivity contribution >= 4 is 5.78 Å². The Labute approximate surface area is 198 Å². The highest BCUT2D eigenvalue weighted by atomic mass is 16.5. The molecular weight excluding hydrogens is 404 g/mol. The van der Waals surface area contributed by atoms with E-state index in [2.05, 4.69) is 90.9 Å². The molecule has 2 heteroatoms. The second-order valence-electron chi connectivity index (χ2n) is 11.2. The van der Waals surface area contributed by atoms with E-state index in [1.54, 1.807) is 0 Å². The van der Waals surface area contributed by atoms with Gasteiger partial charge in [-0.3, -0.25) is 4.79 Å². The van der Waals surface area contributed by atoms with Crippen molar-refractivity contribution in [1.82, 2.24) is 0 Å². The lowest BCUT2D eigenvalue weighted by atomic mass is 9.69. The molecule has 0 spiro atoms. The molecule has 0 radical (unpaired) electrons. The van der Waals surface area contributed by atoms with E-state index in [0.717, 1.165) is 29.1 Å². The van der Waals surface area contributed by atoms with E-state index in [1.165, 1.54) is 38.9 Å². The van der Waals surface area contributed by atoms with Crippen molar-refractivity contribution in [2.45, 2.75) is 73.1 Å². The van der Waals surface area contributed by atoms with Crippen molar-refractivity contribution < 1.29 is 9.53 Å². The quantitative estimate of drug-likeness (QED) is 0.405. The molecule has 0 saturated carbocycles. The molecule has 170 valence electrons. The van der Waals surface area contributed by atoms with Crippen LogP contribution < -0.4 is 4.74 Å². The lowest BCUT2D eigenvalue weighted by Gasteiger charge is -2.38. The molecule has 0 aromatic heterocycles. The van der Waals surface area contributed by atoms with Gasteiger partial charge in [0.2, 0.25) is 0 Å². The highest BCUT2D eigenvalue weighted by Crippen LogP contribution is 2.53. The Morgan fingerprint density at radius 1 is 0.909 bits per heavy atom. The van der Waals surface area contributed by atoms with Crippen LogP contribution in [0.5, 0.6) is 5.75 Å². The van der Waals surface area contributed by atoms with E-state index in [9.17, 15) is 4.79 Å². The molecule has 0 amide bonds. The van der Waals surface area contributed by atoms with E-state index >= 15 is 0 Å². The monoisotopic (exact) mass is 438 g/mol. The van der Waals surface area contributed by atoms with Crippen molar-refractivity contribution in [3.63, 3.8) is 0 Å². The van der Waals surface area contributed by atoms with E-state index in [1.807, 2.05) is 0 Å². The standard InChI is InChI=1S/C31H34O2/c1-17(2)21-10-9-19(4)28-22(14-21)20(5)13-24(28)29-23-12-18(3)8-11-26(23)33-27-16-31(6,7)15-25(32)30(27)29/h8-14,17,29H,15-16H2,1-7H3. The summed E-state index contributed by atoms with van der Waals surface area (Å²) in [4.78, 5) is 13.6. The van der Waals surface area contributed by atoms with Gasteiger partial charge in [0.25, 0.3) is 0 Å². The largest absolute Gasteiger partial charge is 0.461 e. The fourth-order valence-electron chi connectivity index (χ4n) is 5.76. The van der Waals surface area contributed by atoms with Crippen molar-refractivity contribution in [2.75, 3.05) is 0 Å². The molecule has 1 atom stereocenters. The molecule has 5 rings (SSSR count). The van der Waals surface area contributed by atoms with Crippen molar-refractivity contribution in [1.29, 1.82) is 0 Å². The number of carbonyl (C=O) groups excluding carboxylic acids is 1. The van der Waals surface area contributed by atoms with Crippen LogP contribution in [0.3, 0.4) is 0 Å². The van der Waals surface area contributed by atoms with Crippen LogP contribution in [-0.2, 0) is 4.79 Å². The SMILES string of the molecule is Cc1ccc2c(c1)C(c1cc(C)c3cc(C(C)C)ccc(C)c1-3)C1=C(CC(C)(C)CC1=O)O2. The average molecular weight is 439 g/mol. The van der Waals surface area contributed by atoms with Crippen molar-refractivity contribution in [3.8, 4) is 16.9 Å².